The van der Waals surface area contributed by atoms with Crippen LogP contribution in [0.2, 0.25) is 0 Å². The van der Waals surface area contributed by atoms with Crippen LogP contribution in [0, 0.1) is 13.8 Å². The summed E-state index contributed by atoms with van der Waals surface area (Å²) in [6.07, 6.45) is 1.47. The van der Waals surface area contributed by atoms with Gasteiger partial charge in [0.15, 0.2) is 0 Å². The summed E-state index contributed by atoms with van der Waals surface area (Å²) in [5.41, 5.74) is 8.19. The van der Waals surface area contributed by atoms with E-state index in [-0.39, 0.29) is 5.70 Å². The minimum Gasteiger partial charge on any atom is -0.477 e. The lowest BCUT2D eigenvalue weighted by atomic mass is 10.0. The Hall–Kier alpha value is -1.77. The number of aliphatic carboxylic acids is 1. The quantitative estimate of drug-likeness (QED) is 0.699. The van der Waals surface area contributed by atoms with Gasteiger partial charge in [-0.2, -0.15) is 0 Å². The second-order valence-corrected chi connectivity index (χ2v) is 3.26. The molecule has 0 unspecified atom stereocenters. The first-order valence-corrected chi connectivity index (χ1v) is 4.28. The molecule has 3 heteroatoms. The first-order chi connectivity index (χ1) is 6.50. The van der Waals surface area contributed by atoms with E-state index < -0.39 is 5.97 Å². The molecule has 0 aromatic heterocycles. The zero-order valence-corrected chi connectivity index (χ0v) is 8.24. The molecule has 0 bridgehead atoms. The Morgan fingerprint density at radius 2 is 2.07 bits per heavy atom. The maximum absolute atomic E-state index is 10.5. The van der Waals surface area contributed by atoms with Crippen LogP contribution < -0.4 is 5.73 Å². The maximum atomic E-state index is 10.5. The average molecular weight is 191 g/mol. The molecule has 0 spiro atoms. The number of carbonyl (C=O) groups is 1. The molecule has 1 aromatic carbocycles. The Bertz CT molecular complexity index is 394. The molecule has 0 aliphatic heterocycles. The van der Waals surface area contributed by atoms with Crippen molar-refractivity contribution in [3.8, 4) is 0 Å². The fourth-order valence-electron chi connectivity index (χ4n) is 1.22. The van der Waals surface area contributed by atoms with Crippen molar-refractivity contribution in [2.24, 2.45) is 5.73 Å². The molecule has 3 nitrogen and oxygen atoms in total. The van der Waals surface area contributed by atoms with Crippen molar-refractivity contribution in [2.45, 2.75) is 13.8 Å². The number of carboxylic acids is 1. The summed E-state index contributed by atoms with van der Waals surface area (Å²) in [7, 11) is 0. The SMILES string of the molecule is Cc1ccc(/C=C(/N)C(=O)O)c(C)c1. The van der Waals surface area contributed by atoms with Crippen LogP contribution in [0.5, 0.6) is 0 Å². The van der Waals surface area contributed by atoms with Gasteiger partial charge < -0.3 is 10.8 Å². The number of carboxylic acid groups (broad SMARTS) is 1. The van der Waals surface area contributed by atoms with Crippen LogP contribution in [0.25, 0.3) is 6.08 Å². The molecule has 1 aromatic rings. The lowest BCUT2D eigenvalue weighted by Gasteiger charge is -2.02. The summed E-state index contributed by atoms with van der Waals surface area (Å²) in [5.74, 6) is -1.09. The van der Waals surface area contributed by atoms with Gasteiger partial charge in [0.1, 0.15) is 5.70 Å². The van der Waals surface area contributed by atoms with Gasteiger partial charge in [0.2, 0.25) is 0 Å². The summed E-state index contributed by atoms with van der Waals surface area (Å²) in [5, 5.41) is 8.60. The van der Waals surface area contributed by atoms with E-state index in [1.165, 1.54) is 6.08 Å². The largest absolute Gasteiger partial charge is 0.477 e. The minimum absolute atomic E-state index is 0.142. The third-order valence-electron chi connectivity index (χ3n) is 1.98. The van der Waals surface area contributed by atoms with Gasteiger partial charge in [-0.1, -0.05) is 23.8 Å². The zero-order chi connectivity index (χ0) is 10.7. The Morgan fingerprint density at radius 3 is 2.57 bits per heavy atom. The van der Waals surface area contributed by atoms with E-state index >= 15 is 0 Å². The van der Waals surface area contributed by atoms with Gasteiger partial charge in [-0.25, -0.2) is 4.79 Å². The molecular formula is C11H13NO2. The van der Waals surface area contributed by atoms with E-state index in [1.807, 2.05) is 32.0 Å². The topological polar surface area (TPSA) is 63.3 Å². The Balaban J connectivity index is 3.09. The van der Waals surface area contributed by atoms with E-state index in [0.29, 0.717) is 0 Å². The summed E-state index contributed by atoms with van der Waals surface area (Å²) >= 11 is 0. The van der Waals surface area contributed by atoms with Crippen LogP contribution in [-0.2, 0) is 4.79 Å². The highest BCUT2D eigenvalue weighted by Gasteiger charge is 2.02. The maximum Gasteiger partial charge on any atom is 0.351 e. The Morgan fingerprint density at radius 1 is 1.43 bits per heavy atom. The smallest absolute Gasteiger partial charge is 0.351 e. The highest BCUT2D eigenvalue weighted by molar-refractivity contribution is 5.91. The highest BCUT2D eigenvalue weighted by Crippen LogP contribution is 2.12. The number of hydrogen-bond donors (Lipinski definition) is 2. The Labute approximate surface area is 82.9 Å². The molecule has 3 N–H and O–H groups in total. The van der Waals surface area contributed by atoms with Crippen molar-refractivity contribution < 1.29 is 9.90 Å². The van der Waals surface area contributed by atoms with Crippen molar-refractivity contribution in [3.63, 3.8) is 0 Å². The number of rotatable bonds is 2. The van der Waals surface area contributed by atoms with Crippen molar-refractivity contribution >= 4 is 12.0 Å². The minimum atomic E-state index is -1.09. The van der Waals surface area contributed by atoms with E-state index in [2.05, 4.69) is 0 Å². The first kappa shape index (κ1) is 10.3. The van der Waals surface area contributed by atoms with Crippen LogP contribution >= 0.6 is 0 Å². The lowest BCUT2D eigenvalue weighted by molar-refractivity contribution is -0.132. The molecule has 0 aliphatic carbocycles. The normalized spacial score (nSPS) is 11.4. The third kappa shape index (κ3) is 2.36. The van der Waals surface area contributed by atoms with Crippen LogP contribution in [0.3, 0.4) is 0 Å². The molecule has 74 valence electrons. The molecule has 0 atom stereocenters. The predicted molar refractivity (Wildman–Crippen MR) is 55.7 cm³/mol. The van der Waals surface area contributed by atoms with Crippen LogP contribution in [0.4, 0.5) is 0 Å². The summed E-state index contributed by atoms with van der Waals surface area (Å²) < 4.78 is 0. The summed E-state index contributed by atoms with van der Waals surface area (Å²) in [6.45, 7) is 3.91. The monoisotopic (exact) mass is 191 g/mol. The second-order valence-electron chi connectivity index (χ2n) is 3.26. The molecule has 0 heterocycles. The number of aryl methyl sites for hydroxylation is 2. The Kier molecular flexibility index (Phi) is 2.92. The molecule has 0 amide bonds. The summed E-state index contributed by atoms with van der Waals surface area (Å²) in [6, 6.07) is 5.77. The van der Waals surface area contributed by atoms with Gasteiger partial charge in [0, 0.05) is 0 Å². The molecule has 0 saturated heterocycles. The van der Waals surface area contributed by atoms with E-state index in [1.54, 1.807) is 0 Å². The van der Waals surface area contributed by atoms with Gasteiger partial charge in [0.25, 0.3) is 0 Å². The van der Waals surface area contributed by atoms with Gasteiger partial charge in [0.05, 0.1) is 0 Å². The van der Waals surface area contributed by atoms with Gasteiger partial charge in [-0.15, -0.1) is 0 Å². The lowest BCUT2D eigenvalue weighted by Crippen LogP contribution is -2.09. The van der Waals surface area contributed by atoms with Crippen molar-refractivity contribution in [3.05, 3.63) is 40.6 Å². The van der Waals surface area contributed by atoms with E-state index in [0.717, 1.165) is 16.7 Å². The number of nitrogens with two attached hydrogens (primary N) is 1. The van der Waals surface area contributed by atoms with Crippen molar-refractivity contribution in [1.29, 1.82) is 0 Å². The second kappa shape index (κ2) is 3.96. The van der Waals surface area contributed by atoms with E-state index in [9.17, 15) is 4.79 Å². The number of hydrogen-bond acceptors (Lipinski definition) is 2. The van der Waals surface area contributed by atoms with Gasteiger partial charge in [-0.3, -0.25) is 0 Å². The van der Waals surface area contributed by atoms with Crippen LogP contribution in [0.1, 0.15) is 16.7 Å². The van der Waals surface area contributed by atoms with Crippen molar-refractivity contribution in [2.75, 3.05) is 0 Å². The molecule has 0 saturated carbocycles. The van der Waals surface area contributed by atoms with Gasteiger partial charge >= 0.3 is 5.97 Å². The average Bonchev–Trinajstić information content (AvgIpc) is 2.09. The fraction of sp³-hybridized carbons (Fsp3) is 0.182. The molecule has 0 radical (unpaired) electrons. The van der Waals surface area contributed by atoms with E-state index in [4.69, 9.17) is 10.8 Å². The van der Waals surface area contributed by atoms with Crippen molar-refractivity contribution in [1.82, 2.24) is 0 Å². The molecule has 14 heavy (non-hydrogen) atoms. The fourth-order valence-corrected chi connectivity index (χ4v) is 1.22. The van der Waals surface area contributed by atoms with Crippen LogP contribution in [-0.4, -0.2) is 11.1 Å². The third-order valence-corrected chi connectivity index (χ3v) is 1.98. The highest BCUT2D eigenvalue weighted by atomic mass is 16.4. The first-order valence-electron chi connectivity index (χ1n) is 4.28. The van der Waals surface area contributed by atoms with Gasteiger partial charge in [-0.05, 0) is 31.1 Å². The molecule has 0 fully saturated rings. The van der Waals surface area contributed by atoms with Crippen LogP contribution in [0.15, 0.2) is 23.9 Å². The standard InChI is InChI=1S/C11H13NO2/c1-7-3-4-9(8(2)5-7)6-10(12)11(13)14/h3-6H,12H2,1-2H3,(H,13,14)/b10-6+. The zero-order valence-electron chi connectivity index (χ0n) is 8.24. The predicted octanol–water partition coefficient (Wildman–Crippen LogP) is 1.69. The molecular weight excluding hydrogens is 178 g/mol. The molecule has 1 rings (SSSR count). The number of benzene rings is 1. The molecule has 0 aliphatic rings. The summed E-state index contributed by atoms with van der Waals surface area (Å²) in [4.78, 5) is 10.5.